The Bertz CT molecular complexity index is 53.1. The molecule has 0 N–H and O–H groups in total. The molecule has 5 heavy (non-hydrogen) atoms. The summed E-state index contributed by atoms with van der Waals surface area (Å²) in [4.78, 5) is 0. The second-order valence-electron chi connectivity index (χ2n) is 1.64. The summed E-state index contributed by atoms with van der Waals surface area (Å²) in [5.74, 6) is 0.884. The predicted octanol–water partition coefficient (Wildman–Crippen LogP) is 1.58. The van der Waals surface area contributed by atoms with Gasteiger partial charge in [-0.15, -0.1) is 0 Å². The molecule has 0 nitrogen and oxygen atoms in total. The Hall–Kier alpha value is -0.260. The van der Waals surface area contributed by atoms with Crippen LogP contribution in [0.3, 0.4) is 0 Å². The van der Waals surface area contributed by atoms with Gasteiger partial charge in [-0.1, -0.05) is 19.1 Å². The average Bonchev–Trinajstić information content (AvgIpc) is 1.30. The third-order valence-corrected chi connectivity index (χ3v) is 0.972. The van der Waals surface area contributed by atoms with E-state index in [1.807, 2.05) is 0 Å². The van der Waals surface area contributed by atoms with E-state index in [0.29, 0.717) is 0 Å². The Morgan fingerprint density at radius 1 is 1.80 bits per heavy atom. The lowest BCUT2D eigenvalue weighted by molar-refractivity contribution is 0.681. The minimum absolute atomic E-state index is 0.884. The van der Waals surface area contributed by atoms with E-state index < -0.39 is 0 Å². The van der Waals surface area contributed by atoms with E-state index in [2.05, 4.69) is 19.1 Å². The standard InChI is InChI=1S/C5H8/c1-5-3-2-4-5/h2-3,5H,4H2,1H3. The van der Waals surface area contributed by atoms with Crippen molar-refractivity contribution in [1.29, 1.82) is 0 Å². The Labute approximate surface area is 32.5 Å². The molecular formula is C5H8. The fraction of sp³-hybridized carbons (Fsp3) is 0.600. The van der Waals surface area contributed by atoms with Gasteiger partial charge in [0.15, 0.2) is 0 Å². The third kappa shape index (κ3) is 0.344. The summed E-state index contributed by atoms with van der Waals surface area (Å²) in [6.07, 6.45) is 5.73. The first-order valence-electron chi connectivity index (χ1n) is 2.06. The quantitative estimate of drug-likeness (QED) is 0.378. The fourth-order valence-corrected chi connectivity index (χ4v) is 0.408. The molecule has 0 fully saturated rings. The lowest BCUT2D eigenvalue weighted by Gasteiger charge is -2.08. The lowest BCUT2D eigenvalue weighted by Crippen LogP contribution is -1.93. The molecule has 28 valence electrons. The Kier molecular flexibility index (Phi) is 0.503. The molecule has 0 saturated heterocycles. The van der Waals surface area contributed by atoms with Crippen molar-refractivity contribution in [3.8, 4) is 0 Å². The number of rotatable bonds is 0. The molecular weight excluding hydrogens is 60.1 g/mol. The van der Waals surface area contributed by atoms with Crippen LogP contribution < -0.4 is 0 Å². The van der Waals surface area contributed by atoms with Crippen molar-refractivity contribution in [3.63, 3.8) is 0 Å². The van der Waals surface area contributed by atoms with E-state index in [4.69, 9.17) is 0 Å². The van der Waals surface area contributed by atoms with Crippen LogP contribution in [0.4, 0.5) is 0 Å². The van der Waals surface area contributed by atoms with Gasteiger partial charge < -0.3 is 0 Å². The van der Waals surface area contributed by atoms with Crippen molar-refractivity contribution in [2.75, 3.05) is 0 Å². The summed E-state index contributed by atoms with van der Waals surface area (Å²) in [5.41, 5.74) is 0. The molecule has 0 aromatic carbocycles. The van der Waals surface area contributed by atoms with Crippen LogP contribution in [0.25, 0.3) is 0 Å². The van der Waals surface area contributed by atoms with Crippen molar-refractivity contribution in [2.45, 2.75) is 13.3 Å². The second-order valence-corrected chi connectivity index (χ2v) is 1.64. The SMILES string of the molecule is CC1C=CC1. The molecule has 1 unspecified atom stereocenters. The van der Waals surface area contributed by atoms with Crippen LogP contribution in [-0.4, -0.2) is 0 Å². The second kappa shape index (κ2) is 0.852. The van der Waals surface area contributed by atoms with Gasteiger partial charge in [-0.05, 0) is 12.3 Å². The average molecular weight is 68.1 g/mol. The van der Waals surface area contributed by atoms with Crippen LogP contribution in [-0.2, 0) is 0 Å². The monoisotopic (exact) mass is 68.1 g/mol. The van der Waals surface area contributed by atoms with E-state index in [-0.39, 0.29) is 0 Å². The van der Waals surface area contributed by atoms with Gasteiger partial charge in [0.05, 0.1) is 0 Å². The van der Waals surface area contributed by atoms with Crippen LogP contribution in [0.5, 0.6) is 0 Å². The highest BCUT2D eigenvalue weighted by molar-refractivity contribution is 4.99. The van der Waals surface area contributed by atoms with Crippen molar-refractivity contribution in [1.82, 2.24) is 0 Å². The van der Waals surface area contributed by atoms with E-state index in [1.165, 1.54) is 6.42 Å². The highest BCUT2D eigenvalue weighted by Gasteiger charge is 1.98. The molecule has 0 heteroatoms. The maximum atomic E-state index is 2.22. The maximum Gasteiger partial charge on any atom is -0.0227 e. The lowest BCUT2D eigenvalue weighted by atomic mass is 9.98. The summed E-state index contributed by atoms with van der Waals surface area (Å²) in [6.45, 7) is 2.22. The molecule has 1 aliphatic rings. The van der Waals surface area contributed by atoms with Crippen molar-refractivity contribution in [2.24, 2.45) is 5.92 Å². The third-order valence-electron chi connectivity index (χ3n) is 0.972. The van der Waals surface area contributed by atoms with Crippen LogP contribution in [0.15, 0.2) is 12.2 Å². The van der Waals surface area contributed by atoms with E-state index in [1.54, 1.807) is 0 Å². The number of hydrogen-bond acceptors (Lipinski definition) is 0. The van der Waals surface area contributed by atoms with Gasteiger partial charge in [0.2, 0.25) is 0 Å². The van der Waals surface area contributed by atoms with Gasteiger partial charge in [0, 0.05) is 0 Å². The highest BCUT2D eigenvalue weighted by atomic mass is 14.0. The van der Waals surface area contributed by atoms with Crippen molar-refractivity contribution in [3.05, 3.63) is 12.2 Å². The van der Waals surface area contributed by atoms with Gasteiger partial charge in [0.1, 0.15) is 0 Å². The summed E-state index contributed by atoms with van der Waals surface area (Å²) in [5, 5.41) is 0. The number of allylic oxidation sites excluding steroid dienone is 2. The molecule has 0 aromatic heterocycles. The molecule has 1 aliphatic carbocycles. The summed E-state index contributed by atoms with van der Waals surface area (Å²) in [7, 11) is 0. The van der Waals surface area contributed by atoms with Crippen molar-refractivity contribution >= 4 is 0 Å². The van der Waals surface area contributed by atoms with E-state index in [0.717, 1.165) is 5.92 Å². The smallest absolute Gasteiger partial charge is 0.0227 e. The predicted molar refractivity (Wildman–Crippen MR) is 22.9 cm³/mol. The molecule has 0 heterocycles. The van der Waals surface area contributed by atoms with Gasteiger partial charge in [-0.3, -0.25) is 0 Å². The maximum absolute atomic E-state index is 2.22. The van der Waals surface area contributed by atoms with Crippen LogP contribution in [0.2, 0.25) is 0 Å². The van der Waals surface area contributed by atoms with E-state index >= 15 is 0 Å². The fourth-order valence-electron chi connectivity index (χ4n) is 0.408. The van der Waals surface area contributed by atoms with Gasteiger partial charge in [-0.25, -0.2) is 0 Å². The molecule has 1 atom stereocenters. The summed E-state index contributed by atoms with van der Waals surface area (Å²) >= 11 is 0. The molecule has 0 amide bonds. The summed E-state index contributed by atoms with van der Waals surface area (Å²) < 4.78 is 0. The molecule has 0 spiro atoms. The zero-order valence-corrected chi connectivity index (χ0v) is 3.44. The van der Waals surface area contributed by atoms with Gasteiger partial charge in [0.25, 0.3) is 0 Å². The topological polar surface area (TPSA) is 0 Å². The first-order valence-corrected chi connectivity index (χ1v) is 2.06. The summed E-state index contributed by atoms with van der Waals surface area (Å²) in [6, 6.07) is 0. The normalized spacial score (nSPS) is 33.4. The van der Waals surface area contributed by atoms with Crippen LogP contribution in [0, 0.1) is 5.92 Å². The molecule has 0 aliphatic heterocycles. The Morgan fingerprint density at radius 2 is 2.20 bits per heavy atom. The Balaban J connectivity index is 2.39. The molecule has 0 bridgehead atoms. The minimum Gasteiger partial charge on any atom is -0.0877 e. The minimum atomic E-state index is 0.884. The number of hydrogen-bond donors (Lipinski definition) is 0. The van der Waals surface area contributed by atoms with Crippen LogP contribution >= 0.6 is 0 Å². The molecule has 0 saturated carbocycles. The van der Waals surface area contributed by atoms with Gasteiger partial charge in [-0.2, -0.15) is 0 Å². The molecule has 0 aromatic rings. The van der Waals surface area contributed by atoms with Crippen molar-refractivity contribution < 1.29 is 0 Å². The first kappa shape index (κ1) is 2.95. The highest BCUT2D eigenvalue weighted by Crippen LogP contribution is 2.13. The van der Waals surface area contributed by atoms with Crippen LogP contribution in [0.1, 0.15) is 13.3 Å². The zero-order valence-electron chi connectivity index (χ0n) is 3.44. The van der Waals surface area contributed by atoms with E-state index in [9.17, 15) is 0 Å². The first-order chi connectivity index (χ1) is 2.39. The molecule has 0 radical (unpaired) electrons. The molecule has 1 rings (SSSR count). The Morgan fingerprint density at radius 3 is 2.20 bits per heavy atom. The van der Waals surface area contributed by atoms with Gasteiger partial charge >= 0.3 is 0 Å². The zero-order chi connectivity index (χ0) is 3.70. The largest absolute Gasteiger partial charge is 0.0877 e.